The molecule has 85 heavy (non-hydrogen) atoms. The summed E-state index contributed by atoms with van der Waals surface area (Å²) in [5.74, 6) is 2.60. The quantitative estimate of drug-likeness (QED) is 0.0121. The van der Waals surface area contributed by atoms with Gasteiger partial charge in [-0.15, -0.1) is 0 Å². The van der Waals surface area contributed by atoms with Gasteiger partial charge in [0.1, 0.15) is 35.3 Å². The van der Waals surface area contributed by atoms with E-state index in [2.05, 4.69) is 26.3 Å². The fourth-order valence-corrected chi connectivity index (χ4v) is 7.86. The highest BCUT2D eigenvalue weighted by Crippen LogP contribution is 2.32. The lowest BCUT2D eigenvalue weighted by atomic mass is 10.0. The fourth-order valence-electron chi connectivity index (χ4n) is 7.86. The minimum absolute atomic E-state index is 0.0385. The van der Waals surface area contributed by atoms with Crippen molar-refractivity contribution < 1.29 is 85.4 Å². The average Bonchev–Trinajstić information content (AvgIpc) is 4.53. The van der Waals surface area contributed by atoms with Gasteiger partial charge in [-0.1, -0.05) is 24.3 Å². The number of nitrogens with zero attached hydrogens (tertiary/aromatic N) is 1. The molecule has 0 saturated heterocycles. The molecule has 0 saturated carbocycles. The number of aromatic hydroxyl groups is 4. The van der Waals surface area contributed by atoms with Gasteiger partial charge in [0.2, 0.25) is 6.08 Å². The first-order chi connectivity index (χ1) is 41.3. The summed E-state index contributed by atoms with van der Waals surface area (Å²) >= 11 is 0. The van der Waals surface area contributed by atoms with Gasteiger partial charge in [0.25, 0.3) is 0 Å². The molecule has 0 spiro atoms. The number of phenolic OH excluding ortho intramolecular Hbond substituents is 4. The smallest absolute Gasteiger partial charge is 0.413 e. The van der Waals surface area contributed by atoms with Gasteiger partial charge in [0, 0.05) is 0 Å². The molecule has 23 nitrogen and oxygen atoms in total. The zero-order chi connectivity index (χ0) is 60.0. The molecule has 0 unspecified atom stereocenters. The Hall–Kier alpha value is -11.1. The number of unbranched alkanes of at least 4 members (excludes halogenated alkanes) is 2. The van der Waals surface area contributed by atoms with Gasteiger partial charge in [-0.2, -0.15) is 4.99 Å². The number of aliphatic imine (C=N–C) groups is 1. The van der Waals surface area contributed by atoms with Crippen LogP contribution in [0.5, 0.6) is 46.0 Å². The zero-order valence-corrected chi connectivity index (χ0v) is 45.7. The molecule has 5 heterocycles. The number of furan rings is 5. The van der Waals surface area contributed by atoms with Crippen LogP contribution in [0.4, 0.5) is 19.2 Å². The maximum absolute atomic E-state index is 12.7. The highest BCUT2D eigenvalue weighted by molar-refractivity contribution is 5.75. The first-order valence-corrected chi connectivity index (χ1v) is 26.6. The molecule has 4 aromatic carbocycles. The molecule has 0 radical (unpaired) electrons. The van der Waals surface area contributed by atoms with Crippen LogP contribution in [-0.4, -0.2) is 50.9 Å². The minimum Gasteiger partial charge on any atom is -0.504 e. The summed E-state index contributed by atoms with van der Waals surface area (Å²) in [6, 6.07) is 36.8. The van der Waals surface area contributed by atoms with Gasteiger partial charge in [-0.25, -0.2) is 24.0 Å². The number of benzene rings is 4. The van der Waals surface area contributed by atoms with Crippen molar-refractivity contribution in [3.63, 3.8) is 0 Å². The van der Waals surface area contributed by atoms with Crippen molar-refractivity contribution in [2.45, 2.75) is 84.1 Å². The van der Waals surface area contributed by atoms with Gasteiger partial charge in [-0.05, 0) is 183 Å². The summed E-state index contributed by atoms with van der Waals surface area (Å²) < 4.78 is 47.9. The van der Waals surface area contributed by atoms with Crippen molar-refractivity contribution >= 4 is 30.5 Å². The van der Waals surface area contributed by atoms with Crippen LogP contribution in [0.3, 0.4) is 0 Å². The molecular weight excluding hydrogens is 1100 g/mol. The van der Waals surface area contributed by atoms with Crippen molar-refractivity contribution in [1.29, 1.82) is 0 Å². The monoisotopic (exact) mass is 1160 g/mol. The van der Waals surface area contributed by atoms with Crippen LogP contribution < -0.4 is 40.2 Å². The number of hydrogen-bond donors (Lipinski definition) is 8. The zero-order valence-electron chi connectivity index (χ0n) is 45.7. The van der Waals surface area contributed by atoms with Gasteiger partial charge >= 0.3 is 24.4 Å². The molecule has 4 amide bonds. The highest BCUT2D eigenvalue weighted by Gasteiger charge is 2.18. The Morgan fingerprint density at radius 2 is 0.671 bits per heavy atom. The Morgan fingerprint density at radius 3 is 0.965 bits per heavy atom. The number of amides is 4. The van der Waals surface area contributed by atoms with E-state index >= 15 is 0 Å². The molecule has 5 aromatic heterocycles. The molecule has 23 heteroatoms. The van der Waals surface area contributed by atoms with Crippen LogP contribution in [0.15, 0.2) is 192 Å². The van der Waals surface area contributed by atoms with E-state index in [0.717, 1.165) is 47.9 Å². The lowest BCUT2D eigenvalue weighted by Crippen LogP contribution is -2.28. The summed E-state index contributed by atoms with van der Waals surface area (Å²) in [6.45, 7) is 0.692. The summed E-state index contributed by atoms with van der Waals surface area (Å²) in [6.07, 6.45) is 12.0. The lowest BCUT2D eigenvalue weighted by molar-refractivity contribution is 0.188. The third-order valence-electron chi connectivity index (χ3n) is 12.1. The summed E-state index contributed by atoms with van der Waals surface area (Å²) in [4.78, 5) is 63.4. The van der Waals surface area contributed by atoms with Crippen LogP contribution in [0.2, 0.25) is 0 Å². The van der Waals surface area contributed by atoms with E-state index in [1.54, 1.807) is 121 Å². The largest absolute Gasteiger partial charge is 0.504 e. The third-order valence-corrected chi connectivity index (χ3v) is 12.1. The molecule has 0 aliphatic rings. The second-order valence-electron chi connectivity index (χ2n) is 18.4. The lowest BCUT2D eigenvalue weighted by Gasteiger charge is -2.14. The Morgan fingerprint density at radius 1 is 0.376 bits per heavy atom. The summed E-state index contributed by atoms with van der Waals surface area (Å²) in [5, 5.41) is 47.6. The number of ether oxygens (including phenoxy) is 4. The van der Waals surface area contributed by atoms with Crippen molar-refractivity contribution in [1.82, 2.24) is 21.3 Å². The van der Waals surface area contributed by atoms with E-state index in [1.807, 2.05) is 0 Å². The maximum Gasteiger partial charge on any atom is 0.413 e. The van der Waals surface area contributed by atoms with Crippen LogP contribution >= 0.6 is 0 Å². The molecule has 0 fully saturated rings. The Kier molecular flexibility index (Phi) is 23.9. The molecule has 9 aromatic rings. The standard InChI is InChI=1S/C40H38N4O12.C16H18O4.C6H5NO2/c45-37(41-23-29-9-3-17-49-29)53-33-15-13-27(21-35(33)55-39(47)43-25-31-11-5-19-51-31)7-1-2-8-28-14-16-34(54-38(46)42-24-30-10-4-18-50-30)36(22-28)56-40(48)44-26-32-12-6-20-52-32;17-13-7-5-11(9-15(13)19)3-1-2-4-12-6-8-14(18)16(20)10-12;8-5-7-4-6-2-1-3-9-6/h3-6,9-22H,1-2,7-8,23-26H2,(H,41,45)(H,42,46)(H,43,47)(H,44,48);5-10,17-20H,1-4H2;1-3H,4H2. The number of carbonyl (C=O) groups is 4. The minimum atomic E-state index is -0.769. The van der Waals surface area contributed by atoms with Gasteiger partial charge in [0.05, 0.1) is 57.5 Å². The van der Waals surface area contributed by atoms with E-state index in [1.165, 1.54) is 49.5 Å². The van der Waals surface area contributed by atoms with Gasteiger partial charge in [0.15, 0.2) is 46.0 Å². The van der Waals surface area contributed by atoms with E-state index < -0.39 is 24.4 Å². The van der Waals surface area contributed by atoms with Crippen LogP contribution in [0.25, 0.3) is 0 Å². The number of nitrogens with one attached hydrogen (secondary N) is 4. The molecule has 9 rings (SSSR count). The average molecular weight is 1160 g/mol. The van der Waals surface area contributed by atoms with Crippen LogP contribution in [0, 0.1) is 0 Å². The number of hydrogen-bond acceptors (Lipinski definition) is 19. The Bertz CT molecular complexity index is 3310. The molecular formula is C62H61N5O18. The maximum atomic E-state index is 12.7. The van der Waals surface area contributed by atoms with Crippen LogP contribution in [0.1, 0.15) is 76.7 Å². The van der Waals surface area contributed by atoms with Crippen LogP contribution in [-0.2, 0) is 63.2 Å². The number of aryl methyl sites for hydroxylation is 4. The molecule has 8 N–H and O–H groups in total. The predicted molar refractivity (Wildman–Crippen MR) is 303 cm³/mol. The first kappa shape index (κ1) is 61.6. The third kappa shape index (κ3) is 21.7. The predicted octanol–water partition coefficient (Wildman–Crippen LogP) is 12.0. The van der Waals surface area contributed by atoms with Gasteiger partial charge < -0.3 is 82.7 Å². The topological polar surface area (TPSA) is 329 Å². The SMILES string of the molecule is O=C(NCc1ccco1)Oc1ccc(CCCCc2ccc(OC(=O)NCc3ccco3)c(OC(=O)NCc3ccco3)c2)cc1OC(=O)NCc1ccco1.O=C=NCc1ccco1.Oc1ccc(CCCCc2ccc(O)c(O)c2)cc1O. The molecule has 442 valence electrons. The second kappa shape index (κ2) is 33.0. The number of carbonyl (C=O) groups excluding carboxylic acids is 5. The van der Waals surface area contributed by atoms with Gasteiger partial charge in [-0.3, -0.25) is 0 Å². The van der Waals surface area contributed by atoms with E-state index in [9.17, 15) is 44.4 Å². The molecule has 0 aliphatic carbocycles. The second-order valence-corrected chi connectivity index (χ2v) is 18.4. The number of rotatable bonds is 24. The number of phenols is 4. The van der Waals surface area contributed by atoms with Crippen molar-refractivity contribution in [2.75, 3.05) is 0 Å². The Labute approximate surface area is 486 Å². The van der Waals surface area contributed by atoms with Crippen molar-refractivity contribution in [2.24, 2.45) is 4.99 Å². The summed E-state index contributed by atoms with van der Waals surface area (Å²) in [5.41, 5.74) is 3.61. The number of isocyanates is 1. The molecule has 0 aliphatic heterocycles. The van der Waals surface area contributed by atoms with Crippen molar-refractivity contribution in [3.05, 3.63) is 216 Å². The Balaban J connectivity index is 0.000000289. The van der Waals surface area contributed by atoms with E-state index in [0.29, 0.717) is 54.5 Å². The first-order valence-electron chi connectivity index (χ1n) is 26.6. The normalized spacial score (nSPS) is 10.4. The van der Waals surface area contributed by atoms with E-state index in [4.69, 9.17) is 41.0 Å². The molecule has 0 bridgehead atoms. The van der Waals surface area contributed by atoms with Crippen molar-refractivity contribution in [3.8, 4) is 46.0 Å². The van der Waals surface area contributed by atoms with E-state index in [-0.39, 0.29) is 78.7 Å². The fraction of sp³-hybridized carbons (Fsp3) is 0.210. The highest BCUT2D eigenvalue weighted by atomic mass is 16.6. The summed E-state index contributed by atoms with van der Waals surface area (Å²) in [7, 11) is 0. The molecule has 0 atom stereocenters.